The van der Waals surface area contributed by atoms with Gasteiger partial charge >= 0.3 is 5.97 Å². The Labute approximate surface area is 101 Å². The lowest BCUT2D eigenvalue weighted by Crippen LogP contribution is -2.19. The van der Waals surface area contributed by atoms with Gasteiger partial charge in [0, 0.05) is 13.3 Å². The number of carbonyl (C=O) groups is 1. The van der Waals surface area contributed by atoms with Crippen molar-refractivity contribution in [1.29, 1.82) is 0 Å². The summed E-state index contributed by atoms with van der Waals surface area (Å²) in [6, 6.07) is 6.71. The van der Waals surface area contributed by atoms with Crippen molar-refractivity contribution in [3.8, 4) is 0 Å². The van der Waals surface area contributed by atoms with Crippen molar-refractivity contribution in [2.45, 2.75) is 13.8 Å². The highest BCUT2D eigenvalue weighted by atomic mass is 31.2. The predicted molar refractivity (Wildman–Crippen MR) is 67.2 cm³/mol. The SMILES string of the molecule is CCOC(=O)c1ccccc1P(=O)(CC)OC. The number of carbonyl (C=O) groups excluding carboxylic acids is 1. The first-order valence-electron chi connectivity index (χ1n) is 5.50. The van der Waals surface area contributed by atoms with Gasteiger partial charge in [0.25, 0.3) is 0 Å². The Bertz CT molecular complexity index is 434. The first-order valence-corrected chi connectivity index (χ1v) is 7.31. The van der Waals surface area contributed by atoms with Gasteiger partial charge in [-0.3, -0.25) is 4.57 Å². The van der Waals surface area contributed by atoms with E-state index in [1.165, 1.54) is 7.11 Å². The van der Waals surface area contributed by atoms with E-state index < -0.39 is 13.3 Å². The molecule has 0 fully saturated rings. The topological polar surface area (TPSA) is 52.6 Å². The highest BCUT2D eigenvalue weighted by Gasteiger charge is 2.27. The number of esters is 1. The normalized spacial score (nSPS) is 14.1. The molecule has 0 aliphatic carbocycles. The standard InChI is InChI=1S/C12H17O4P/c1-4-16-12(13)10-8-6-7-9-11(10)17(14,5-2)15-3/h6-9H,4-5H2,1-3H3. The molecule has 1 aromatic carbocycles. The third-order valence-electron chi connectivity index (χ3n) is 2.48. The fraction of sp³-hybridized carbons (Fsp3) is 0.417. The highest BCUT2D eigenvalue weighted by molar-refractivity contribution is 7.67. The second-order valence-electron chi connectivity index (χ2n) is 3.41. The molecule has 0 bridgehead atoms. The summed E-state index contributed by atoms with van der Waals surface area (Å²) in [6.45, 7) is 3.79. The van der Waals surface area contributed by atoms with Crippen LogP contribution in [0, 0.1) is 0 Å². The molecule has 17 heavy (non-hydrogen) atoms. The fourth-order valence-corrected chi connectivity index (χ4v) is 3.19. The third-order valence-corrected chi connectivity index (χ3v) is 5.02. The summed E-state index contributed by atoms with van der Waals surface area (Å²) in [4.78, 5) is 11.7. The van der Waals surface area contributed by atoms with E-state index in [4.69, 9.17) is 9.26 Å². The molecule has 0 saturated heterocycles. The van der Waals surface area contributed by atoms with E-state index in [0.29, 0.717) is 17.0 Å². The van der Waals surface area contributed by atoms with Crippen LogP contribution in [0.1, 0.15) is 24.2 Å². The smallest absolute Gasteiger partial charge is 0.338 e. The molecule has 5 heteroatoms. The van der Waals surface area contributed by atoms with Gasteiger partial charge in [-0.15, -0.1) is 0 Å². The molecule has 0 heterocycles. The van der Waals surface area contributed by atoms with E-state index in [1.54, 1.807) is 38.1 Å². The molecule has 0 radical (unpaired) electrons. The van der Waals surface area contributed by atoms with E-state index in [9.17, 15) is 9.36 Å². The summed E-state index contributed by atoms with van der Waals surface area (Å²) in [6.07, 6.45) is 0.347. The highest BCUT2D eigenvalue weighted by Crippen LogP contribution is 2.45. The Morgan fingerprint density at radius 3 is 2.47 bits per heavy atom. The minimum absolute atomic E-state index is 0.288. The Morgan fingerprint density at radius 2 is 1.94 bits per heavy atom. The van der Waals surface area contributed by atoms with Crippen LogP contribution in [0.15, 0.2) is 24.3 Å². The van der Waals surface area contributed by atoms with Gasteiger partial charge in [0.15, 0.2) is 0 Å². The molecule has 1 unspecified atom stereocenters. The first-order chi connectivity index (χ1) is 8.09. The monoisotopic (exact) mass is 256 g/mol. The largest absolute Gasteiger partial charge is 0.462 e. The zero-order valence-electron chi connectivity index (χ0n) is 10.3. The molecule has 4 nitrogen and oxygen atoms in total. The average molecular weight is 256 g/mol. The van der Waals surface area contributed by atoms with Crippen LogP contribution in [0.2, 0.25) is 0 Å². The van der Waals surface area contributed by atoms with Crippen LogP contribution < -0.4 is 5.30 Å². The van der Waals surface area contributed by atoms with Crippen molar-refractivity contribution in [3.05, 3.63) is 29.8 Å². The van der Waals surface area contributed by atoms with Gasteiger partial charge in [-0.2, -0.15) is 0 Å². The minimum Gasteiger partial charge on any atom is -0.462 e. The zero-order chi connectivity index (χ0) is 12.9. The molecule has 1 rings (SSSR count). The summed E-state index contributed by atoms with van der Waals surface area (Å²) in [7, 11) is -1.55. The summed E-state index contributed by atoms with van der Waals surface area (Å²) < 4.78 is 22.5. The lowest BCUT2D eigenvalue weighted by atomic mass is 10.2. The maximum Gasteiger partial charge on any atom is 0.338 e. The van der Waals surface area contributed by atoms with Crippen molar-refractivity contribution >= 4 is 18.6 Å². The van der Waals surface area contributed by atoms with Crippen molar-refractivity contribution in [1.82, 2.24) is 0 Å². The molecular weight excluding hydrogens is 239 g/mol. The number of rotatable bonds is 5. The molecule has 0 aliphatic rings. The van der Waals surface area contributed by atoms with Crippen LogP contribution in [0.5, 0.6) is 0 Å². The van der Waals surface area contributed by atoms with Crippen LogP contribution in [0.25, 0.3) is 0 Å². The van der Waals surface area contributed by atoms with Crippen LogP contribution in [0.3, 0.4) is 0 Å². The van der Waals surface area contributed by atoms with E-state index in [2.05, 4.69) is 0 Å². The van der Waals surface area contributed by atoms with Crippen LogP contribution in [-0.4, -0.2) is 25.8 Å². The van der Waals surface area contributed by atoms with Gasteiger partial charge in [-0.05, 0) is 19.1 Å². The van der Waals surface area contributed by atoms with E-state index in [-0.39, 0.29) is 6.61 Å². The summed E-state index contributed by atoms with van der Waals surface area (Å²) >= 11 is 0. The Balaban J connectivity index is 3.25. The number of hydrogen-bond acceptors (Lipinski definition) is 4. The third kappa shape index (κ3) is 2.96. The first kappa shape index (κ1) is 13.9. The van der Waals surface area contributed by atoms with Crippen LogP contribution >= 0.6 is 7.37 Å². The van der Waals surface area contributed by atoms with Gasteiger partial charge in [0.1, 0.15) is 0 Å². The van der Waals surface area contributed by atoms with Gasteiger partial charge in [0.05, 0.1) is 17.5 Å². The number of ether oxygens (including phenoxy) is 1. The second-order valence-corrected chi connectivity index (χ2v) is 6.24. The maximum atomic E-state index is 12.5. The Morgan fingerprint density at radius 1 is 1.29 bits per heavy atom. The molecule has 0 aliphatic heterocycles. The van der Waals surface area contributed by atoms with Gasteiger partial charge < -0.3 is 9.26 Å². The molecule has 1 aromatic rings. The summed E-state index contributed by atoms with van der Waals surface area (Å²) in [5, 5.41) is 0.434. The van der Waals surface area contributed by atoms with Gasteiger partial charge in [-0.25, -0.2) is 4.79 Å². The van der Waals surface area contributed by atoms with Crippen molar-refractivity contribution in [2.75, 3.05) is 19.9 Å². The maximum absolute atomic E-state index is 12.5. The molecule has 0 saturated carbocycles. The van der Waals surface area contributed by atoms with Crippen LogP contribution in [-0.2, 0) is 13.8 Å². The minimum atomic E-state index is -2.95. The van der Waals surface area contributed by atoms with Crippen molar-refractivity contribution in [2.24, 2.45) is 0 Å². The number of hydrogen-bond donors (Lipinski definition) is 0. The Hall–Kier alpha value is -1.12. The fourth-order valence-electron chi connectivity index (χ4n) is 1.55. The zero-order valence-corrected chi connectivity index (χ0v) is 11.2. The molecule has 94 valence electrons. The van der Waals surface area contributed by atoms with Crippen molar-refractivity contribution < 1.29 is 18.6 Å². The lowest BCUT2D eigenvalue weighted by molar-refractivity contribution is 0.0527. The molecule has 0 spiro atoms. The molecule has 0 aromatic heterocycles. The van der Waals surface area contributed by atoms with Gasteiger partial charge in [0.2, 0.25) is 7.37 Å². The van der Waals surface area contributed by atoms with E-state index in [1.807, 2.05) is 0 Å². The molecular formula is C12H17O4P. The van der Waals surface area contributed by atoms with Gasteiger partial charge in [-0.1, -0.05) is 19.1 Å². The lowest BCUT2D eigenvalue weighted by Gasteiger charge is -2.17. The molecule has 1 atom stereocenters. The van der Waals surface area contributed by atoms with E-state index >= 15 is 0 Å². The molecule has 0 N–H and O–H groups in total. The predicted octanol–water partition coefficient (Wildman–Crippen LogP) is 2.43. The average Bonchev–Trinajstić information content (AvgIpc) is 2.38. The summed E-state index contributed by atoms with van der Waals surface area (Å²) in [5.74, 6) is -0.464. The summed E-state index contributed by atoms with van der Waals surface area (Å²) in [5.41, 5.74) is 0.321. The van der Waals surface area contributed by atoms with Crippen molar-refractivity contribution in [3.63, 3.8) is 0 Å². The Kier molecular flexibility index (Phi) is 4.91. The van der Waals surface area contributed by atoms with Crippen LogP contribution in [0.4, 0.5) is 0 Å². The number of benzene rings is 1. The van der Waals surface area contributed by atoms with E-state index in [0.717, 1.165) is 0 Å². The second kappa shape index (κ2) is 5.99. The quantitative estimate of drug-likeness (QED) is 0.599. The molecule has 0 amide bonds.